The van der Waals surface area contributed by atoms with Crippen LogP contribution in [-0.2, 0) is 11.8 Å². The molecule has 2 aliphatic rings. The van der Waals surface area contributed by atoms with E-state index in [0.29, 0.717) is 0 Å². The van der Waals surface area contributed by atoms with Crippen molar-refractivity contribution in [3.8, 4) is 0 Å². The van der Waals surface area contributed by atoms with Gasteiger partial charge in [-0.25, -0.2) is 0 Å². The minimum atomic E-state index is 0.183. The van der Waals surface area contributed by atoms with Gasteiger partial charge < -0.3 is 4.90 Å². The highest BCUT2D eigenvalue weighted by atomic mass is 15.2. The number of aryl methyl sites for hydroxylation is 1. The maximum absolute atomic E-state index is 2.64. The van der Waals surface area contributed by atoms with Gasteiger partial charge in [-0.3, -0.25) is 0 Å². The van der Waals surface area contributed by atoms with Crippen molar-refractivity contribution in [1.82, 2.24) is 0 Å². The van der Waals surface area contributed by atoms with Crippen LogP contribution in [0.3, 0.4) is 0 Å². The standard InChI is InChI=1S/C22H27N/c1-4-17-11-13-18(14-12-17)23-20-10-6-5-9-19(20)21(2)15-7-8-16-22(21,23)3/h5-6,9-14H,4,7-8,15-16H2,1-3H3. The Labute approximate surface area is 140 Å². The SMILES string of the molecule is CCc1ccc(N2c3ccccc3C3(C)CCCCC23C)cc1. The van der Waals surface area contributed by atoms with Crippen molar-refractivity contribution in [2.45, 2.75) is 63.8 Å². The molecule has 0 bridgehead atoms. The van der Waals surface area contributed by atoms with Gasteiger partial charge in [0.05, 0.1) is 5.54 Å². The lowest BCUT2D eigenvalue weighted by Gasteiger charge is -2.50. The highest BCUT2D eigenvalue weighted by Crippen LogP contribution is 2.60. The lowest BCUT2D eigenvalue weighted by Crippen LogP contribution is -2.54. The largest absolute Gasteiger partial charge is 0.334 e. The Bertz CT molecular complexity index is 717. The molecular weight excluding hydrogens is 278 g/mol. The van der Waals surface area contributed by atoms with Crippen molar-refractivity contribution in [1.29, 1.82) is 0 Å². The first-order valence-electron chi connectivity index (χ1n) is 9.09. The molecule has 0 radical (unpaired) electrons. The molecule has 2 atom stereocenters. The Hall–Kier alpha value is -1.76. The van der Waals surface area contributed by atoms with E-state index in [1.165, 1.54) is 42.6 Å². The summed E-state index contributed by atoms with van der Waals surface area (Å²) in [5.74, 6) is 0. The summed E-state index contributed by atoms with van der Waals surface area (Å²) in [6.07, 6.45) is 6.36. The van der Waals surface area contributed by atoms with Crippen molar-refractivity contribution < 1.29 is 0 Å². The third-order valence-electron chi connectivity index (χ3n) is 6.61. The van der Waals surface area contributed by atoms with E-state index >= 15 is 0 Å². The zero-order chi connectivity index (χ0) is 16.1. The molecule has 1 aliphatic carbocycles. The van der Waals surface area contributed by atoms with Crippen LogP contribution in [0.25, 0.3) is 0 Å². The molecule has 0 saturated heterocycles. The number of rotatable bonds is 2. The third-order valence-corrected chi connectivity index (χ3v) is 6.61. The average Bonchev–Trinajstić information content (AvgIpc) is 2.80. The van der Waals surface area contributed by atoms with E-state index in [1.54, 1.807) is 5.56 Å². The maximum atomic E-state index is 2.64. The molecular formula is C22H27N. The molecule has 0 N–H and O–H groups in total. The topological polar surface area (TPSA) is 3.24 Å². The van der Waals surface area contributed by atoms with Gasteiger partial charge >= 0.3 is 0 Å². The molecule has 1 nitrogen and oxygen atoms in total. The molecule has 1 heteroatoms. The third kappa shape index (κ3) is 1.92. The summed E-state index contributed by atoms with van der Waals surface area (Å²) in [5.41, 5.74) is 6.17. The first-order chi connectivity index (χ1) is 11.1. The second kappa shape index (κ2) is 5.12. The predicted molar refractivity (Wildman–Crippen MR) is 98.6 cm³/mol. The number of fused-ring (bicyclic) bond motifs is 3. The zero-order valence-corrected chi connectivity index (χ0v) is 14.6. The Morgan fingerprint density at radius 1 is 0.913 bits per heavy atom. The minimum Gasteiger partial charge on any atom is -0.334 e. The van der Waals surface area contributed by atoms with Crippen molar-refractivity contribution in [3.05, 3.63) is 59.7 Å². The quantitative estimate of drug-likeness (QED) is 0.658. The van der Waals surface area contributed by atoms with E-state index in [4.69, 9.17) is 0 Å². The Morgan fingerprint density at radius 3 is 2.35 bits per heavy atom. The fraction of sp³-hybridized carbons (Fsp3) is 0.455. The molecule has 120 valence electrons. The van der Waals surface area contributed by atoms with Gasteiger partial charge in [-0.2, -0.15) is 0 Å². The van der Waals surface area contributed by atoms with E-state index in [9.17, 15) is 0 Å². The maximum Gasteiger partial charge on any atom is 0.0517 e. The summed E-state index contributed by atoms with van der Waals surface area (Å²) in [6, 6.07) is 18.3. The van der Waals surface area contributed by atoms with Crippen LogP contribution in [-0.4, -0.2) is 5.54 Å². The molecule has 4 rings (SSSR count). The van der Waals surface area contributed by atoms with Crippen molar-refractivity contribution in [3.63, 3.8) is 0 Å². The molecule has 0 aromatic heterocycles. The van der Waals surface area contributed by atoms with Gasteiger partial charge in [0, 0.05) is 16.8 Å². The van der Waals surface area contributed by atoms with Gasteiger partial charge in [-0.1, -0.05) is 57.0 Å². The van der Waals surface area contributed by atoms with Crippen LogP contribution in [0.4, 0.5) is 11.4 Å². The van der Waals surface area contributed by atoms with E-state index in [1.807, 2.05) is 0 Å². The monoisotopic (exact) mass is 305 g/mol. The summed E-state index contributed by atoms with van der Waals surface area (Å²) >= 11 is 0. The van der Waals surface area contributed by atoms with Crippen LogP contribution < -0.4 is 4.90 Å². The fourth-order valence-electron chi connectivity index (χ4n) is 4.98. The van der Waals surface area contributed by atoms with E-state index in [-0.39, 0.29) is 11.0 Å². The molecule has 23 heavy (non-hydrogen) atoms. The fourth-order valence-corrected chi connectivity index (χ4v) is 4.98. The van der Waals surface area contributed by atoms with Crippen LogP contribution in [0, 0.1) is 0 Å². The number of nitrogens with zero attached hydrogens (tertiary/aromatic N) is 1. The zero-order valence-electron chi connectivity index (χ0n) is 14.6. The number of para-hydroxylation sites is 1. The molecule has 2 aromatic rings. The minimum absolute atomic E-state index is 0.183. The molecule has 2 aromatic carbocycles. The van der Waals surface area contributed by atoms with E-state index < -0.39 is 0 Å². The second-order valence-corrected chi connectivity index (χ2v) is 7.69. The Kier molecular flexibility index (Phi) is 3.30. The lowest BCUT2D eigenvalue weighted by molar-refractivity contribution is 0.195. The second-order valence-electron chi connectivity index (χ2n) is 7.69. The predicted octanol–water partition coefficient (Wildman–Crippen LogP) is 5.99. The normalized spacial score (nSPS) is 29.3. The summed E-state index contributed by atoms with van der Waals surface area (Å²) in [7, 11) is 0. The highest BCUT2D eigenvalue weighted by Gasteiger charge is 2.57. The van der Waals surface area contributed by atoms with Crippen LogP contribution in [0.15, 0.2) is 48.5 Å². The van der Waals surface area contributed by atoms with Gasteiger partial charge in [0.1, 0.15) is 0 Å². The molecule has 0 spiro atoms. The molecule has 2 unspecified atom stereocenters. The molecule has 1 aliphatic heterocycles. The first-order valence-corrected chi connectivity index (χ1v) is 9.09. The van der Waals surface area contributed by atoms with Crippen LogP contribution in [0.1, 0.15) is 57.6 Å². The van der Waals surface area contributed by atoms with E-state index in [0.717, 1.165) is 6.42 Å². The van der Waals surface area contributed by atoms with Crippen LogP contribution >= 0.6 is 0 Å². The van der Waals surface area contributed by atoms with Crippen LogP contribution in [0.2, 0.25) is 0 Å². The van der Waals surface area contributed by atoms with Gasteiger partial charge in [0.2, 0.25) is 0 Å². The smallest absolute Gasteiger partial charge is 0.0517 e. The number of benzene rings is 2. The van der Waals surface area contributed by atoms with Crippen LogP contribution in [0.5, 0.6) is 0 Å². The van der Waals surface area contributed by atoms with Gasteiger partial charge in [-0.15, -0.1) is 0 Å². The summed E-state index contributed by atoms with van der Waals surface area (Å²) in [4.78, 5) is 2.64. The lowest BCUT2D eigenvalue weighted by atomic mass is 9.61. The number of hydrogen-bond acceptors (Lipinski definition) is 1. The summed E-state index contributed by atoms with van der Waals surface area (Å²) in [6.45, 7) is 7.20. The van der Waals surface area contributed by atoms with E-state index in [2.05, 4.69) is 74.2 Å². The highest BCUT2D eigenvalue weighted by molar-refractivity contribution is 5.76. The number of hydrogen-bond donors (Lipinski definition) is 0. The Balaban J connectivity index is 1.90. The van der Waals surface area contributed by atoms with Crippen molar-refractivity contribution in [2.24, 2.45) is 0 Å². The number of anilines is 2. The van der Waals surface area contributed by atoms with Crippen molar-refractivity contribution in [2.75, 3.05) is 4.90 Å². The van der Waals surface area contributed by atoms with Crippen molar-refractivity contribution >= 4 is 11.4 Å². The average molecular weight is 305 g/mol. The molecule has 1 saturated carbocycles. The first kappa shape index (κ1) is 14.8. The summed E-state index contributed by atoms with van der Waals surface area (Å²) in [5, 5.41) is 0. The van der Waals surface area contributed by atoms with Gasteiger partial charge in [0.15, 0.2) is 0 Å². The molecule has 1 heterocycles. The molecule has 0 amide bonds. The Morgan fingerprint density at radius 2 is 1.61 bits per heavy atom. The molecule has 1 fully saturated rings. The van der Waals surface area contributed by atoms with Gasteiger partial charge in [0.25, 0.3) is 0 Å². The van der Waals surface area contributed by atoms with Gasteiger partial charge in [-0.05, 0) is 55.5 Å². The summed E-state index contributed by atoms with van der Waals surface area (Å²) < 4.78 is 0.